The molecule has 0 aliphatic rings. The lowest BCUT2D eigenvalue weighted by atomic mass is 10.1. The molecule has 34 heavy (non-hydrogen) atoms. The molecule has 0 saturated carbocycles. The number of hydrogen-bond donors (Lipinski definition) is 2. The van der Waals surface area contributed by atoms with Crippen LogP contribution in [0.25, 0.3) is 0 Å². The molecule has 2 amide bonds. The number of nitrogens with zero attached hydrogens (tertiary/aromatic N) is 3. The maximum atomic E-state index is 12.5. The molecule has 8 nitrogen and oxygen atoms in total. The number of aryl methyl sites for hydroxylation is 2. The second-order valence-corrected chi connectivity index (χ2v) is 8.91. The van der Waals surface area contributed by atoms with Gasteiger partial charge in [0.1, 0.15) is 5.75 Å². The molecule has 3 aromatic rings. The molecule has 0 bridgehead atoms. The Morgan fingerprint density at radius 3 is 2.53 bits per heavy atom. The Balaban J connectivity index is 1.62. The Morgan fingerprint density at radius 1 is 1.09 bits per heavy atom. The molecule has 2 N–H and O–H groups in total. The maximum Gasteiger partial charge on any atom is 0.251 e. The zero-order chi connectivity index (χ0) is 24.5. The average molecular weight is 482 g/mol. The number of aromatic nitrogens is 3. The maximum absolute atomic E-state index is 12.5. The predicted octanol–water partition coefficient (Wildman–Crippen LogP) is 4.36. The van der Waals surface area contributed by atoms with Crippen molar-refractivity contribution in [3.8, 4) is 5.75 Å². The van der Waals surface area contributed by atoms with Crippen molar-refractivity contribution in [1.29, 1.82) is 0 Å². The van der Waals surface area contributed by atoms with Crippen LogP contribution in [-0.4, -0.2) is 39.4 Å². The number of carbonyl (C=O) groups is 2. The minimum atomic E-state index is -0.199. The second-order valence-electron chi connectivity index (χ2n) is 7.97. The lowest BCUT2D eigenvalue weighted by Crippen LogP contribution is -2.25. The van der Waals surface area contributed by atoms with E-state index < -0.39 is 0 Å². The van der Waals surface area contributed by atoms with Crippen molar-refractivity contribution >= 4 is 29.3 Å². The molecule has 0 radical (unpaired) electrons. The summed E-state index contributed by atoms with van der Waals surface area (Å²) in [5.41, 5.74) is 3.53. The number of amides is 2. The lowest BCUT2D eigenvalue weighted by Gasteiger charge is -2.11. The Bertz CT molecular complexity index is 1130. The molecule has 1 aromatic heterocycles. The molecule has 0 aliphatic heterocycles. The summed E-state index contributed by atoms with van der Waals surface area (Å²) >= 11 is 1.34. The molecule has 1 heterocycles. The van der Waals surface area contributed by atoms with Crippen LogP contribution >= 0.6 is 11.8 Å². The quantitative estimate of drug-likeness (QED) is 0.395. The van der Waals surface area contributed by atoms with Gasteiger partial charge < -0.3 is 19.9 Å². The third-order valence-electron chi connectivity index (χ3n) is 5.28. The average Bonchev–Trinajstić information content (AvgIpc) is 3.23. The number of nitrogens with one attached hydrogen (secondary N) is 2. The Morgan fingerprint density at radius 2 is 1.85 bits per heavy atom. The number of unbranched alkanes of at least 4 members (excludes halogenated alkanes) is 1. The van der Waals surface area contributed by atoms with Gasteiger partial charge in [0.15, 0.2) is 11.0 Å². The van der Waals surface area contributed by atoms with Crippen LogP contribution in [-0.2, 0) is 17.9 Å². The van der Waals surface area contributed by atoms with Gasteiger partial charge in [0, 0.05) is 17.8 Å². The molecule has 2 aromatic carbocycles. The molecule has 0 fully saturated rings. The Kier molecular flexibility index (Phi) is 9.09. The molecule has 0 aliphatic carbocycles. The van der Waals surface area contributed by atoms with Crippen molar-refractivity contribution in [3.63, 3.8) is 0 Å². The first-order chi connectivity index (χ1) is 16.4. The molecular weight excluding hydrogens is 450 g/mol. The fraction of sp³-hybridized carbons (Fsp3) is 0.360. The second kappa shape index (κ2) is 12.2. The highest BCUT2D eigenvalue weighted by Crippen LogP contribution is 2.20. The van der Waals surface area contributed by atoms with Gasteiger partial charge >= 0.3 is 0 Å². The van der Waals surface area contributed by atoms with Crippen LogP contribution in [0.15, 0.2) is 47.6 Å². The van der Waals surface area contributed by atoms with E-state index in [4.69, 9.17) is 4.74 Å². The topological polar surface area (TPSA) is 98.1 Å². The van der Waals surface area contributed by atoms with E-state index in [2.05, 4.69) is 27.8 Å². The first-order valence-corrected chi connectivity index (χ1v) is 12.2. The summed E-state index contributed by atoms with van der Waals surface area (Å²) in [6, 6.07) is 12.9. The standard InChI is InChI=1S/C25H31N5O3S/c1-5-6-13-30-22(15-26-24(32)19-8-10-20(33-4)11-9-19)28-29-25(30)34-16-23(31)27-21-12-7-17(2)14-18(21)3/h7-12,14H,5-6,13,15-16H2,1-4H3,(H,26,32)(H,27,31). The predicted molar refractivity (Wildman–Crippen MR) is 134 cm³/mol. The summed E-state index contributed by atoms with van der Waals surface area (Å²) in [5.74, 6) is 1.27. The van der Waals surface area contributed by atoms with Crippen molar-refractivity contribution in [2.75, 3.05) is 18.2 Å². The van der Waals surface area contributed by atoms with E-state index in [0.29, 0.717) is 22.3 Å². The minimum absolute atomic E-state index is 0.101. The summed E-state index contributed by atoms with van der Waals surface area (Å²) in [5, 5.41) is 15.1. The zero-order valence-corrected chi connectivity index (χ0v) is 20.9. The van der Waals surface area contributed by atoms with Gasteiger partial charge in [0.25, 0.3) is 5.91 Å². The van der Waals surface area contributed by atoms with Gasteiger partial charge in [-0.15, -0.1) is 10.2 Å². The summed E-state index contributed by atoms with van der Waals surface area (Å²) in [6.07, 6.45) is 1.95. The molecule has 180 valence electrons. The van der Waals surface area contributed by atoms with Gasteiger partial charge in [-0.2, -0.15) is 0 Å². The van der Waals surface area contributed by atoms with E-state index in [1.165, 1.54) is 11.8 Å². The fourth-order valence-corrected chi connectivity index (χ4v) is 4.15. The van der Waals surface area contributed by atoms with E-state index >= 15 is 0 Å². The van der Waals surface area contributed by atoms with Gasteiger partial charge in [-0.25, -0.2) is 0 Å². The lowest BCUT2D eigenvalue weighted by molar-refractivity contribution is -0.113. The SMILES string of the molecule is CCCCn1c(CNC(=O)c2ccc(OC)cc2)nnc1SCC(=O)Nc1ccc(C)cc1C. The van der Waals surface area contributed by atoms with Crippen LogP contribution < -0.4 is 15.4 Å². The number of methoxy groups -OCH3 is 1. The molecular formula is C25H31N5O3S. The summed E-state index contributed by atoms with van der Waals surface area (Å²) in [6.45, 7) is 7.08. The summed E-state index contributed by atoms with van der Waals surface area (Å²) in [7, 11) is 1.58. The van der Waals surface area contributed by atoms with Gasteiger partial charge in [0.2, 0.25) is 5.91 Å². The number of hydrogen-bond acceptors (Lipinski definition) is 6. The highest BCUT2D eigenvalue weighted by atomic mass is 32.2. The molecule has 3 rings (SSSR count). The van der Waals surface area contributed by atoms with Gasteiger partial charge in [0.05, 0.1) is 19.4 Å². The van der Waals surface area contributed by atoms with Crippen molar-refractivity contribution in [3.05, 3.63) is 65.0 Å². The number of anilines is 1. The molecule has 0 unspecified atom stereocenters. The monoisotopic (exact) mass is 481 g/mol. The third kappa shape index (κ3) is 6.84. The Hall–Kier alpha value is -3.33. The van der Waals surface area contributed by atoms with E-state index in [-0.39, 0.29) is 24.1 Å². The third-order valence-corrected chi connectivity index (χ3v) is 6.24. The van der Waals surface area contributed by atoms with Crippen LogP contribution in [0.2, 0.25) is 0 Å². The number of benzene rings is 2. The van der Waals surface area contributed by atoms with Gasteiger partial charge in [-0.1, -0.05) is 42.8 Å². The van der Waals surface area contributed by atoms with Gasteiger partial charge in [-0.3, -0.25) is 9.59 Å². The number of rotatable bonds is 11. The van der Waals surface area contributed by atoms with Crippen molar-refractivity contribution in [1.82, 2.24) is 20.1 Å². The van der Waals surface area contributed by atoms with Crippen LogP contribution in [0.3, 0.4) is 0 Å². The van der Waals surface area contributed by atoms with Gasteiger partial charge in [-0.05, 0) is 56.2 Å². The minimum Gasteiger partial charge on any atom is -0.497 e. The molecule has 0 saturated heterocycles. The molecule has 0 spiro atoms. The van der Waals surface area contributed by atoms with Crippen LogP contribution in [0.1, 0.15) is 47.1 Å². The van der Waals surface area contributed by atoms with Crippen molar-refractivity contribution in [2.45, 2.75) is 51.9 Å². The van der Waals surface area contributed by atoms with Crippen molar-refractivity contribution in [2.24, 2.45) is 0 Å². The van der Waals surface area contributed by atoms with E-state index in [1.54, 1.807) is 31.4 Å². The fourth-order valence-electron chi connectivity index (χ4n) is 3.37. The van der Waals surface area contributed by atoms with Crippen LogP contribution in [0, 0.1) is 13.8 Å². The number of ether oxygens (including phenoxy) is 1. The largest absolute Gasteiger partial charge is 0.497 e. The van der Waals surface area contributed by atoms with Crippen LogP contribution in [0.5, 0.6) is 5.75 Å². The summed E-state index contributed by atoms with van der Waals surface area (Å²) in [4.78, 5) is 25.0. The first-order valence-electron chi connectivity index (χ1n) is 11.3. The van der Waals surface area contributed by atoms with E-state index in [0.717, 1.165) is 36.2 Å². The van der Waals surface area contributed by atoms with E-state index in [9.17, 15) is 9.59 Å². The highest BCUT2D eigenvalue weighted by molar-refractivity contribution is 7.99. The molecule has 9 heteroatoms. The number of carbonyl (C=O) groups excluding carboxylic acids is 2. The normalized spacial score (nSPS) is 10.7. The summed E-state index contributed by atoms with van der Waals surface area (Å²) < 4.78 is 7.11. The van der Waals surface area contributed by atoms with Crippen molar-refractivity contribution < 1.29 is 14.3 Å². The zero-order valence-electron chi connectivity index (χ0n) is 20.1. The van der Waals surface area contributed by atoms with Crippen LogP contribution in [0.4, 0.5) is 5.69 Å². The number of thioether (sulfide) groups is 1. The molecule has 0 atom stereocenters. The first kappa shape index (κ1) is 25.3. The Labute approximate surface area is 204 Å². The van der Waals surface area contributed by atoms with E-state index in [1.807, 2.05) is 36.6 Å². The highest BCUT2D eigenvalue weighted by Gasteiger charge is 2.16. The smallest absolute Gasteiger partial charge is 0.251 e.